The van der Waals surface area contributed by atoms with Gasteiger partial charge >= 0.3 is 0 Å². The van der Waals surface area contributed by atoms with Gasteiger partial charge in [0.25, 0.3) is 0 Å². The van der Waals surface area contributed by atoms with Crippen LogP contribution in [0, 0.1) is 0 Å². The molecule has 2 N–H and O–H groups in total. The Morgan fingerprint density at radius 2 is 1.88 bits per heavy atom. The molecule has 0 aliphatic heterocycles. The summed E-state index contributed by atoms with van der Waals surface area (Å²) in [5.41, 5.74) is 0. The van der Waals surface area contributed by atoms with E-state index in [0.717, 1.165) is 32.5 Å². The first-order valence-electron chi connectivity index (χ1n) is 6.91. The van der Waals surface area contributed by atoms with Gasteiger partial charge in [-0.15, -0.1) is 0 Å². The molecule has 16 heavy (non-hydrogen) atoms. The molecule has 0 aromatic rings. The number of rotatable bonds is 7. The second-order valence-electron chi connectivity index (χ2n) is 4.79. The summed E-state index contributed by atoms with van der Waals surface area (Å²) in [5.74, 6) is 0. The molecule has 0 heterocycles. The normalized spacial score (nSPS) is 26.2. The molecule has 0 bridgehead atoms. The second kappa shape index (κ2) is 8.04. The van der Waals surface area contributed by atoms with Crippen molar-refractivity contribution in [3.63, 3.8) is 0 Å². The highest BCUT2D eigenvalue weighted by molar-refractivity contribution is 4.80. The van der Waals surface area contributed by atoms with Crippen LogP contribution in [0.1, 0.15) is 46.0 Å². The SMILES string of the molecule is CCN(CC)CCCN[C@H]1CCCC[C@@H]1O. The van der Waals surface area contributed by atoms with Crippen LogP contribution in [0.4, 0.5) is 0 Å². The van der Waals surface area contributed by atoms with Crippen LogP contribution in [0.3, 0.4) is 0 Å². The van der Waals surface area contributed by atoms with E-state index in [0.29, 0.717) is 6.04 Å². The van der Waals surface area contributed by atoms with Gasteiger partial charge in [0.15, 0.2) is 0 Å². The molecule has 0 spiro atoms. The minimum Gasteiger partial charge on any atom is -0.392 e. The van der Waals surface area contributed by atoms with Gasteiger partial charge in [0.1, 0.15) is 0 Å². The average Bonchev–Trinajstić information content (AvgIpc) is 2.31. The zero-order valence-corrected chi connectivity index (χ0v) is 10.9. The minimum absolute atomic E-state index is 0.109. The van der Waals surface area contributed by atoms with Crippen molar-refractivity contribution < 1.29 is 5.11 Å². The van der Waals surface area contributed by atoms with Gasteiger partial charge in [0.05, 0.1) is 6.10 Å². The molecule has 0 aromatic carbocycles. The molecule has 2 atom stereocenters. The van der Waals surface area contributed by atoms with Gasteiger partial charge < -0.3 is 15.3 Å². The highest BCUT2D eigenvalue weighted by Crippen LogP contribution is 2.18. The second-order valence-corrected chi connectivity index (χ2v) is 4.79. The van der Waals surface area contributed by atoms with Crippen molar-refractivity contribution in [3.05, 3.63) is 0 Å². The molecule has 0 aromatic heterocycles. The lowest BCUT2D eigenvalue weighted by molar-refractivity contribution is 0.0905. The Hall–Kier alpha value is -0.120. The van der Waals surface area contributed by atoms with Crippen LogP contribution >= 0.6 is 0 Å². The Labute approximate surface area is 100 Å². The maximum Gasteiger partial charge on any atom is 0.0693 e. The molecule has 1 saturated carbocycles. The van der Waals surface area contributed by atoms with Crippen LogP contribution in [0.2, 0.25) is 0 Å². The molecule has 1 fully saturated rings. The van der Waals surface area contributed by atoms with E-state index in [1.165, 1.54) is 25.8 Å². The fourth-order valence-corrected chi connectivity index (χ4v) is 2.48. The number of nitrogens with zero attached hydrogens (tertiary/aromatic N) is 1. The predicted octanol–water partition coefficient (Wildman–Crippen LogP) is 1.61. The molecule has 3 heteroatoms. The van der Waals surface area contributed by atoms with Crippen molar-refractivity contribution in [1.29, 1.82) is 0 Å². The molecule has 1 rings (SSSR count). The third-order valence-electron chi connectivity index (χ3n) is 3.68. The van der Waals surface area contributed by atoms with Crippen LogP contribution in [0.5, 0.6) is 0 Å². The van der Waals surface area contributed by atoms with Crippen LogP contribution < -0.4 is 5.32 Å². The summed E-state index contributed by atoms with van der Waals surface area (Å²) < 4.78 is 0. The van der Waals surface area contributed by atoms with E-state index in [2.05, 4.69) is 24.1 Å². The molecule has 0 saturated heterocycles. The summed E-state index contributed by atoms with van der Waals surface area (Å²) in [5, 5.41) is 13.3. The van der Waals surface area contributed by atoms with Crippen molar-refractivity contribution in [3.8, 4) is 0 Å². The lowest BCUT2D eigenvalue weighted by Gasteiger charge is -2.28. The minimum atomic E-state index is -0.109. The van der Waals surface area contributed by atoms with Gasteiger partial charge in [-0.25, -0.2) is 0 Å². The summed E-state index contributed by atoms with van der Waals surface area (Å²) in [6.07, 6.45) is 5.66. The van der Waals surface area contributed by atoms with Crippen LogP contribution in [-0.2, 0) is 0 Å². The Bertz CT molecular complexity index is 171. The largest absolute Gasteiger partial charge is 0.392 e. The van der Waals surface area contributed by atoms with Crippen molar-refractivity contribution in [2.75, 3.05) is 26.2 Å². The quantitative estimate of drug-likeness (QED) is 0.650. The van der Waals surface area contributed by atoms with Gasteiger partial charge in [-0.05, 0) is 45.4 Å². The van der Waals surface area contributed by atoms with Crippen molar-refractivity contribution >= 4 is 0 Å². The van der Waals surface area contributed by atoms with E-state index in [9.17, 15) is 5.11 Å². The standard InChI is InChI=1S/C13H28N2O/c1-3-15(4-2)11-7-10-14-12-8-5-6-9-13(12)16/h12-14,16H,3-11H2,1-2H3/t12-,13-/m0/s1. The molecule has 0 amide bonds. The number of aliphatic hydroxyl groups is 1. The molecular weight excluding hydrogens is 200 g/mol. The first-order chi connectivity index (χ1) is 7.77. The lowest BCUT2D eigenvalue weighted by Crippen LogP contribution is -2.43. The lowest BCUT2D eigenvalue weighted by atomic mass is 9.92. The zero-order valence-electron chi connectivity index (χ0n) is 10.9. The molecule has 0 unspecified atom stereocenters. The predicted molar refractivity (Wildman–Crippen MR) is 68.7 cm³/mol. The van der Waals surface area contributed by atoms with Crippen LogP contribution in [0.25, 0.3) is 0 Å². The first kappa shape index (κ1) is 13.9. The van der Waals surface area contributed by atoms with E-state index in [1.54, 1.807) is 0 Å². The zero-order chi connectivity index (χ0) is 11.8. The number of hydrogen-bond acceptors (Lipinski definition) is 3. The van der Waals surface area contributed by atoms with Crippen molar-refractivity contribution in [2.24, 2.45) is 0 Å². The van der Waals surface area contributed by atoms with Gasteiger partial charge in [-0.1, -0.05) is 26.7 Å². The van der Waals surface area contributed by atoms with E-state index in [-0.39, 0.29) is 6.10 Å². The summed E-state index contributed by atoms with van der Waals surface area (Å²) in [4.78, 5) is 2.44. The summed E-state index contributed by atoms with van der Waals surface area (Å²) in [7, 11) is 0. The Morgan fingerprint density at radius 1 is 1.19 bits per heavy atom. The van der Waals surface area contributed by atoms with Gasteiger partial charge in [0, 0.05) is 6.04 Å². The maximum absolute atomic E-state index is 9.80. The van der Waals surface area contributed by atoms with Gasteiger partial charge in [0.2, 0.25) is 0 Å². The first-order valence-corrected chi connectivity index (χ1v) is 6.91. The molecule has 3 nitrogen and oxygen atoms in total. The van der Waals surface area contributed by atoms with Crippen molar-refractivity contribution in [1.82, 2.24) is 10.2 Å². The van der Waals surface area contributed by atoms with E-state index >= 15 is 0 Å². The molecule has 0 radical (unpaired) electrons. The fourth-order valence-electron chi connectivity index (χ4n) is 2.48. The maximum atomic E-state index is 9.80. The molecular formula is C13H28N2O. The van der Waals surface area contributed by atoms with E-state index in [4.69, 9.17) is 0 Å². The monoisotopic (exact) mass is 228 g/mol. The van der Waals surface area contributed by atoms with E-state index < -0.39 is 0 Å². The summed E-state index contributed by atoms with van der Waals surface area (Å²) >= 11 is 0. The van der Waals surface area contributed by atoms with Crippen molar-refractivity contribution in [2.45, 2.75) is 58.1 Å². The molecule has 1 aliphatic rings. The highest BCUT2D eigenvalue weighted by Gasteiger charge is 2.21. The summed E-state index contributed by atoms with van der Waals surface area (Å²) in [6, 6.07) is 0.352. The number of hydrogen-bond donors (Lipinski definition) is 2. The van der Waals surface area contributed by atoms with Crippen LogP contribution in [-0.4, -0.2) is 48.3 Å². The third kappa shape index (κ3) is 4.81. The highest BCUT2D eigenvalue weighted by atomic mass is 16.3. The molecule has 1 aliphatic carbocycles. The Balaban J connectivity index is 2.05. The third-order valence-corrected chi connectivity index (χ3v) is 3.68. The fraction of sp³-hybridized carbons (Fsp3) is 1.00. The van der Waals surface area contributed by atoms with Gasteiger partial charge in [-0.3, -0.25) is 0 Å². The average molecular weight is 228 g/mol. The molecule has 96 valence electrons. The summed E-state index contributed by atoms with van der Waals surface area (Å²) in [6.45, 7) is 8.91. The number of aliphatic hydroxyl groups excluding tert-OH is 1. The van der Waals surface area contributed by atoms with Crippen LogP contribution in [0.15, 0.2) is 0 Å². The number of nitrogens with one attached hydrogen (secondary N) is 1. The Morgan fingerprint density at radius 3 is 2.50 bits per heavy atom. The van der Waals surface area contributed by atoms with Gasteiger partial charge in [-0.2, -0.15) is 0 Å². The topological polar surface area (TPSA) is 35.5 Å². The van der Waals surface area contributed by atoms with E-state index in [1.807, 2.05) is 0 Å². The smallest absolute Gasteiger partial charge is 0.0693 e. The Kier molecular flexibility index (Phi) is 7.01.